The minimum atomic E-state index is -3.91. The molecule has 0 aliphatic carbocycles. The fourth-order valence-corrected chi connectivity index (χ4v) is 4.50. The van der Waals surface area contributed by atoms with Crippen molar-refractivity contribution < 1.29 is 17.9 Å². The van der Waals surface area contributed by atoms with Gasteiger partial charge in [0, 0.05) is 6.54 Å². The molecule has 0 aliphatic heterocycles. The second-order valence-corrected chi connectivity index (χ2v) is 9.39. The summed E-state index contributed by atoms with van der Waals surface area (Å²) in [4.78, 5) is 12.6. The lowest BCUT2D eigenvalue weighted by molar-refractivity contribution is -0.121. The van der Waals surface area contributed by atoms with Crippen LogP contribution in [0.25, 0.3) is 0 Å². The van der Waals surface area contributed by atoms with Crippen molar-refractivity contribution in [2.75, 3.05) is 20.2 Å². The van der Waals surface area contributed by atoms with Gasteiger partial charge in [-0.05, 0) is 48.7 Å². The zero-order chi connectivity index (χ0) is 23.7. The Balaban J connectivity index is 1.73. The minimum Gasteiger partial charge on any atom is -0.497 e. The molecule has 0 heterocycles. The molecule has 1 amide bonds. The number of carbonyl (C=O) groups excluding carboxylic acids is 1. The van der Waals surface area contributed by atoms with Crippen LogP contribution in [0.1, 0.15) is 16.7 Å². The second-order valence-electron chi connectivity index (χ2n) is 7.45. The quantitative estimate of drug-likeness (QED) is 0.367. The van der Waals surface area contributed by atoms with Crippen LogP contribution in [0.15, 0.2) is 88.9 Å². The Morgan fingerprint density at radius 1 is 1.00 bits per heavy atom. The van der Waals surface area contributed by atoms with Crippen LogP contribution in [0.4, 0.5) is 0 Å². The SMILES string of the molecule is COc1ccc(S(=O)(=O)N(CCc2ccccc2)CC(=O)N/N=C\c2ccc(C)cc2)cc1. The lowest BCUT2D eigenvalue weighted by Gasteiger charge is -2.21. The van der Waals surface area contributed by atoms with E-state index in [0.29, 0.717) is 12.2 Å². The van der Waals surface area contributed by atoms with Gasteiger partial charge in [-0.3, -0.25) is 4.79 Å². The number of hydrogen-bond acceptors (Lipinski definition) is 5. The first-order valence-electron chi connectivity index (χ1n) is 10.4. The van der Waals surface area contributed by atoms with E-state index in [1.165, 1.54) is 29.8 Å². The maximum atomic E-state index is 13.3. The predicted molar refractivity (Wildman–Crippen MR) is 129 cm³/mol. The Labute approximate surface area is 194 Å². The van der Waals surface area contributed by atoms with Gasteiger partial charge in [-0.15, -0.1) is 0 Å². The molecule has 172 valence electrons. The first kappa shape index (κ1) is 24.2. The molecular formula is C25H27N3O4S. The summed E-state index contributed by atoms with van der Waals surface area (Å²) in [6.07, 6.45) is 1.99. The summed E-state index contributed by atoms with van der Waals surface area (Å²) in [5, 5.41) is 3.96. The standard InChI is InChI=1S/C25H27N3O4S/c1-20-8-10-22(11-9-20)18-26-27-25(29)19-28(17-16-21-6-4-3-5-7-21)33(30,31)24-14-12-23(32-2)13-15-24/h3-15,18H,16-17,19H2,1-2H3,(H,27,29)/b26-18-. The zero-order valence-corrected chi connectivity index (χ0v) is 19.5. The van der Waals surface area contributed by atoms with Crippen molar-refractivity contribution in [1.29, 1.82) is 0 Å². The molecule has 3 rings (SSSR count). The van der Waals surface area contributed by atoms with Gasteiger partial charge in [-0.2, -0.15) is 9.41 Å². The topological polar surface area (TPSA) is 88.1 Å². The molecule has 0 radical (unpaired) electrons. The Morgan fingerprint density at radius 3 is 2.30 bits per heavy atom. The lowest BCUT2D eigenvalue weighted by atomic mass is 10.1. The molecule has 7 nitrogen and oxygen atoms in total. The number of nitrogens with zero attached hydrogens (tertiary/aromatic N) is 2. The number of carbonyl (C=O) groups is 1. The largest absolute Gasteiger partial charge is 0.497 e. The summed E-state index contributed by atoms with van der Waals surface area (Å²) in [7, 11) is -2.40. The van der Waals surface area contributed by atoms with E-state index in [1.807, 2.05) is 61.5 Å². The van der Waals surface area contributed by atoms with Crippen LogP contribution in [0.2, 0.25) is 0 Å². The molecule has 0 saturated carbocycles. The fraction of sp³-hybridized carbons (Fsp3) is 0.200. The summed E-state index contributed by atoms with van der Waals surface area (Å²) < 4.78 is 32.8. The number of aryl methyl sites for hydroxylation is 1. The Hall–Kier alpha value is -3.49. The van der Waals surface area contributed by atoms with Crippen LogP contribution >= 0.6 is 0 Å². The van der Waals surface area contributed by atoms with Gasteiger partial charge in [0.2, 0.25) is 10.0 Å². The van der Waals surface area contributed by atoms with E-state index in [2.05, 4.69) is 10.5 Å². The van der Waals surface area contributed by atoms with Crippen molar-refractivity contribution in [2.24, 2.45) is 5.10 Å². The smallest absolute Gasteiger partial charge is 0.255 e. The average molecular weight is 466 g/mol. The molecule has 0 spiro atoms. The van der Waals surface area contributed by atoms with Crippen molar-refractivity contribution in [3.63, 3.8) is 0 Å². The molecule has 0 bridgehead atoms. The van der Waals surface area contributed by atoms with Crippen molar-refractivity contribution in [2.45, 2.75) is 18.2 Å². The average Bonchev–Trinajstić information content (AvgIpc) is 2.83. The third-order valence-electron chi connectivity index (χ3n) is 4.99. The van der Waals surface area contributed by atoms with E-state index >= 15 is 0 Å². The van der Waals surface area contributed by atoms with E-state index in [0.717, 1.165) is 16.7 Å². The summed E-state index contributed by atoms with van der Waals surface area (Å²) in [5.41, 5.74) is 5.34. The number of nitrogens with one attached hydrogen (secondary N) is 1. The van der Waals surface area contributed by atoms with Gasteiger partial charge in [0.15, 0.2) is 0 Å². The third-order valence-corrected chi connectivity index (χ3v) is 6.85. The number of ether oxygens (including phenoxy) is 1. The fourth-order valence-electron chi connectivity index (χ4n) is 3.11. The molecule has 1 N–H and O–H groups in total. The van der Waals surface area contributed by atoms with Gasteiger partial charge >= 0.3 is 0 Å². The van der Waals surface area contributed by atoms with Crippen LogP contribution in [0, 0.1) is 6.92 Å². The van der Waals surface area contributed by atoms with Crippen LogP contribution in [0.3, 0.4) is 0 Å². The predicted octanol–water partition coefficient (Wildman–Crippen LogP) is 3.39. The summed E-state index contributed by atoms with van der Waals surface area (Å²) in [6.45, 7) is 1.77. The van der Waals surface area contributed by atoms with Gasteiger partial charge < -0.3 is 4.74 Å². The van der Waals surface area contributed by atoms with Crippen LogP contribution in [-0.2, 0) is 21.2 Å². The Morgan fingerprint density at radius 2 is 1.67 bits per heavy atom. The minimum absolute atomic E-state index is 0.0901. The molecule has 8 heteroatoms. The monoisotopic (exact) mass is 465 g/mol. The van der Waals surface area contributed by atoms with Crippen molar-refractivity contribution in [3.8, 4) is 5.75 Å². The summed E-state index contributed by atoms with van der Waals surface area (Å²) in [6, 6.07) is 23.3. The number of methoxy groups -OCH3 is 1. The molecule has 0 aromatic heterocycles. The van der Waals surface area contributed by atoms with E-state index in [9.17, 15) is 13.2 Å². The van der Waals surface area contributed by atoms with Gasteiger partial charge in [-0.25, -0.2) is 13.8 Å². The van der Waals surface area contributed by atoms with Crippen molar-refractivity contribution >= 4 is 22.1 Å². The highest BCUT2D eigenvalue weighted by Gasteiger charge is 2.26. The highest BCUT2D eigenvalue weighted by Crippen LogP contribution is 2.20. The first-order chi connectivity index (χ1) is 15.9. The molecule has 0 aliphatic rings. The maximum Gasteiger partial charge on any atom is 0.255 e. The van der Waals surface area contributed by atoms with E-state index in [4.69, 9.17) is 4.74 Å². The van der Waals surface area contributed by atoms with E-state index < -0.39 is 15.9 Å². The molecule has 3 aromatic carbocycles. The molecule has 3 aromatic rings. The van der Waals surface area contributed by atoms with Crippen LogP contribution in [0.5, 0.6) is 5.75 Å². The number of sulfonamides is 1. The summed E-state index contributed by atoms with van der Waals surface area (Å²) >= 11 is 0. The summed E-state index contributed by atoms with van der Waals surface area (Å²) in [5.74, 6) is 0.0245. The highest BCUT2D eigenvalue weighted by molar-refractivity contribution is 7.89. The molecular weight excluding hydrogens is 438 g/mol. The van der Waals surface area contributed by atoms with Gasteiger partial charge in [0.05, 0.1) is 24.8 Å². The number of benzene rings is 3. The second kappa shape index (κ2) is 11.4. The van der Waals surface area contributed by atoms with E-state index in [-0.39, 0.29) is 18.0 Å². The Bertz CT molecular complexity index is 1180. The lowest BCUT2D eigenvalue weighted by Crippen LogP contribution is -2.40. The first-order valence-corrected chi connectivity index (χ1v) is 11.9. The van der Waals surface area contributed by atoms with Gasteiger partial charge in [0.1, 0.15) is 5.75 Å². The number of hydrazone groups is 1. The normalized spacial score (nSPS) is 11.6. The van der Waals surface area contributed by atoms with Crippen LogP contribution in [-0.4, -0.2) is 45.0 Å². The van der Waals surface area contributed by atoms with Crippen LogP contribution < -0.4 is 10.2 Å². The highest BCUT2D eigenvalue weighted by atomic mass is 32.2. The third kappa shape index (κ3) is 7.00. The molecule has 0 unspecified atom stereocenters. The molecule has 0 atom stereocenters. The van der Waals surface area contributed by atoms with E-state index in [1.54, 1.807) is 12.1 Å². The number of hydrogen-bond donors (Lipinski definition) is 1. The number of amides is 1. The van der Waals surface area contributed by atoms with Crippen molar-refractivity contribution in [1.82, 2.24) is 9.73 Å². The van der Waals surface area contributed by atoms with Crippen molar-refractivity contribution in [3.05, 3.63) is 95.6 Å². The van der Waals surface area contributed by atoms with Gasteiger partial charge in [-0.1, -0.05) is 60.2 Å². The van der Waals surface area contributed by atoms with Gasteiger partial charge in [0.25, 0.3) is 5.91 Å². The zero-order valence-electron chi connectivity index (χ0n) is 18.6. The molecule has 0 saturated heterocycles. The Kier molecular flexibility index (Phi) is 8.34. The molecule has 33 heavy (non-hydrogen) atoms. The molecule has 0 fully saturated rings. The maximum absolute atomic E-state index is 13.3. The number of rotatable bonds is 10.